The number of halogens is 1. The molecule has 0 aliphatic rings. The largest absolute Gasteiger partial charge is 0.328 e. The quantitative estimate of drug-likeness (QED) is 0.675. The van der Waals surface area contributed by atoms with Gasteiger partial charge in [-0.1, -0.05) is 0 Å². The number of aryl methyl sites for hydroxylation is 1. The van der Waals surface area contributed by atoms with Crippen molar-refractivity contribution in [2.45, 2.75) is 6.92 Å². The highest BCUT2D eigenvalue weighted by atomic mass is 127. The summed E-state index contributed by atoms with van der Waals surface area (Å²) in [5.74, 6) is 0. The van der Waals surface area contributed by atoms with Crippen LogP contribution >= 0.6 is 22.6 Å². The Morgan fingerprint density at radius 1 is 1.67 bits per heavy atom. The van der Waals surface area contributed by atoms with E-state index in [9.17, 15) is 4.79 Å². The SMILES string of the molecule is Cc1c[nH]c(=O)c(I)c1. The Morgan fingerprint density at radius 3 is 2.78 bits per heavy atom. The van der Waals surface area contributed by atoms with Crippen molar-refractivity contribution < 1.29 is 0 Å². The van der Waals surface area contributed by atoms with E-state index in [1.54, 1.807) is 6.20 Å². The van der Waals surface area contributed by atoms with Gasteiger partial charge in [-0.05, 0) is 41.1 Å². The Balaban J connectivity index is 3.34. The number of aromatic nitrogens is 1. The van der Waals surface area contributed by atoms with Crippen LogP contribution < -0.4 is 5.56 Å². The second-order valence-electron chi connectivity index (χ2n) is 1.85. The molecule has 0 saturated carbocycles. The van der Waals surface area contributed by atoms with Crippen LogP contribution in [0.15, 0.2) is 17.1 Å². The number of pyridine rings is 1. The van der Waals surface area contributed by atoms with E-state index in [4.69, 9.17) is 0 Å². The second-order valence-corrected chi connectivity index (χ2v) is 3.02. The average molecular weight is 235 g/mol. The van der Waals surface area contributed by atoms with Crippen LogP contribution in [0, 0.1) is 10.5 Å². The number of aromatic amines is 1. The van der Waals surface area contributed by atoms with Gasteiger partial charge in [0.15, 0.2) is 0 Å². The summed E-state index contributed by atoms with van der Waals surface area (Å²) in [6, 6.07) is 1.85. The van der Waals surface area contributed by atoms with Crippen LogP contribution in [0.2, 0.25) is 0 Å². The first kappa shape index (κ1) is 6.80. The van der Waals surface area contributed by atoms with E-state index in [0.717, 1.165) is 9.13 Å². The minimum Gasteiger partial charge on any atom is -0.328 e. The first-order valence-electron chi connectivity index (χ1n) is 2.55. The van der Waals surface area contributed by atoms with Crippen LogP contribution in [0.3, 0.4) is 0 Å². The summed E-state index contributed by atoms with van der Waals surface area (Å²) >= 11 is 2.01. The van der Waals surface area contributed by atoms with E-state index in [0.29, 0.717) is 0 Å². The molecule has 0 fully saturated rings. The molecule has 48 valence electrons. The van der Waals surface area contributed by atoms with Crippen molar-refractivity contribution in [2.75, 3.05) is 0 Å². The molecule has 0 amide bonds. The molecule has 0 radical (unpaired) electrons. The summed E-state index contributed by atoms with van der Waals surface area (Å²) in [6.45, 7) is 1.94. The first-order valence-corrected chi connectivity index (χ1v) is 3.63. The maximum atomic E-state index is 10.7. The van der Waals surface area contributed by atoms with E-state index >= 15 is 0 Å². The molecule has 0 spiro atoms. The van der Waals surface area contributed by atoms with Crippen molar-refractivity contribution in [3.05, 3.63) is 31.8 Å². The van der Waals surface area contributed by atoms with Crippen molar-refractivity contribution in [1.29, 1.82) is 0 Å². The fraction of sp³-hybridized carbons (Fsp3) is 0.167. The minimum absolute atomic E-state index is 0.0128. The molecule has 1 aromatic rings. The second kappa shape index (κ2) is 2.51. The van der Waals surface area contributed by atoms with Gasteiger partial charge < -0.3 is 4.98 Å². The third-order valence-corrected chi connectivity index (χ3v) is 1.80. The van der Waals surface area contributed by atoms with Crippen LogP contribution in [-0.4, -0.2) is 4.98 Å². The van der Waals surface area contributed by atoms with Crippen molar-refractivity contribution in [1.82, 2.24) is 4.98 Å². The van der Waals surface area contributed by atoms with Crippen molar-refractivity contribution >= 4 is 22.6 Å². The van der Waals surface area contributed by atoms with Gasteiger partial charge in [0, 0.05) is 6.20 Å². The fourth-order valence-corrected chi connectivity index (χ4v) is 1.20. The standard InChI is InChI=1S/C6H6INO/c1-4-2-5(7)6(9)8-3-4/h2-3H,1H3,(H,8,9). The molecule has 1 rings (SSSR count). The van der Waals surface area contributed by atoms with E-state index in [2.05, 4.69) is 4.98 Å². The predicted octanol–water partition coefficient (Wildman–Crippen LogP) is 1.29. The zero-order valence-corrected chi connectivity index (χ0v) is 7.10. The molecular formula is C6H6INO. The molecule has 0 aromatic carbocycles. The Bertz CT molecular complexity index is 266. The molecule has 0 atom stereocenters. The monoisotopic (exact) mass is 235 g/mol. The third-order valence-electron chi connectivity index (χ3n) is 1.00. The van der Waals surface area contributed by atoms with Gasteiger partial charge in [-0.3, -0.25) is 4.79 Å². The topological polar surface area (TPSA) is 32.9 Å². The predicted molar refractivity (Wildman–Crippen MR) is 44.5 cm³/mol. The Morgan fingerprint density at radius 2 is 2.33 bits per heavy atom. The molecular weight excluding hydrogens is 229 g/mol. The Labute approximate surface area is 66.4 Å². The maximum Gasteiger partial charge on any atom is 0.261 e. The lowest BCUT2D eigenvalue weighted by molar-refractivity contribution is 1.18. The highest BCUT2D eigenvalue weighted by Crippen LogP contribution is 1.98. The molecule has 0 unspecified atom stereocenters. The minimum atomic E-state index is -0.0128. The molecule has 0 aliphatic heterocycles. The normalized spacial score (nSPS) is 9.56. The van der Waals surface area contributed by atoms with Crippen LogP contribution in [-0.2, 0) is 0 Å². The maximum absolute atomic E-state index is 10.7. The van der Waals surface area contributed by atoms with Crippen molar-refractivity contribution in [3.8, 4) is 0 Å². The number of hydrogen-bond donors (Lipinski definition) is 1. The van der Waals surface area contributed by atoms with E-state index in [1.807, 2.05) is 35.6 Å². The lowest BCUT2D eigenvalue weighted by atomic mass is 10.3. The van der Waals surface area contributed by atoms with Crippen LogP contribution in [0.4, 0.5) is 0 Å². The van der Waals surface area contributed by atoms with E-state index < -0.39 is 0 Å². The molecule has 3 heteroatoms. The van der Waals surface area contributed by atoms with E-state index in [-0.39, 0.29) is 5.56 Å². The summed E-state index contributed by atoms with van der Waals surface area (Å²) in [5, 5.41) is 0. The average Bonchev–Trinajstić information content (AvgIpc) is 1.80. The number of nitrogens with one attached hydrogen (secondary N) is 1. The van der Waals surface area contributed by atoms with Gasteiger partial charge >= 0.3 is 0 Å². The molecule has 1 N–H and O–H groups in total. The van der Waals surface area contributed by atoms with Gasteiger partial charge in [0.05, 0.1) is 3.57 Å². The van der Waals surface area contributed by atoms with E-state index in [1.165, 1.54) is 0 Å². The highest BCUT2D eigenvalue weighted by Gasteiger charge is 1.91. The van der Waals surface area contributed by atoms with Gasteiger partial charge in [-0.2, -0.15) is 0 Å². The lowest BCUT2D eigenvalue weighted by Crippen LogP contribution is -2.07. The highest BCUT2D eigenvalue weighted by molar-refractivity contribution is 14.1. The third kappa shape index (κ3) is 1.54. The van der Waals surface area contributed by atoms with Crippen LogP contribution in [0.1, 0.15) is 5.56 Å². The zero-order chi connectivity index (χ0) is 6.85. The van der Waals surface area contributed by atoms with Gasteiger partial charge in [-0.15, -0.1) is 0 Å². The summed E-state index contributed by atoms with van der Waals surface area (Å²) in [6.07, 6.45) is 1.70. The Hall–Kier alpha value is -0.320. The smallest absolute Gasteiger partial charge is 0.261 e. The summed E-state index contributed by atoms with van der Waals surface area (Å²) in [7, 11) is 0. The van der Waals surface area contributed by atoms with Gasteiger partial charge in [0.2, 0.25) is 0 Å². The van der Waals surface area contributed by atoms with Crippen molar-refractivity contribution in [3.63, 3.8) is 0 Å². The number of rotatable bonds is 0. The Kier molecular flexibility index (Phi) is 1.90. The van der Waals surface area contributed by atoms with Crippen LogP contribution in [0.25, 0.3) is 0 Å². The number of H-pyrrole nitrogens is 1. The molecule has 0 bridgehead atoms. The van der Waals surface area contributed by atoms with Gasteiger partial charge in [-0.25, -0.2) is 0 Å². The summed E-state index contributed by atoms with van der Waals surface area (Å²) in [4.78, 5) is 13.3. The lowest BCUT2D eigenvalue weighted by Gasteiger charge is -1.89. The summed E-state index contributed by atoms with van der Waals surface area (Å²) in [5.41, 5.74) is 1.07. The van der Waals surface area contributed by atoms with Gasteiger partial charge in [0.1, 0.15) is 0 Å². The molecule has 1 aromatic heterocycles. The fourth-order valence-electron chi connectivity index (χ4n) is 0.555. The molecule has 1 heterocycles. The van der Waals surface area contributed by atoms with Gasteiger partial charge in [0.25, 0.3) is 5.56 Å². The van der Waals surface area contributed by atoms with Crippen LogP contribution in [0.5, 0.6) is 0 Å². The molecule has 9 heavy (non-hydrogen) atoms. The molecule has 2 nitrogen and oxygen atoms in total. The molecule has 0 saturated heterocycles. The zero-order valence-electron chi connectivity index (χ0n) is 4.94. The van der Waals surface area contributed by atoms with Crippen molar-refractivity contribution in [2.24, 2.45) is 0 Å². The summed E-state index contributed by atoms with van der Waals surface area (Å²) < 4.78 is 0.743. The molecule has 0 aliphatic carbocycles. The number of hydrogen-bond acceptors (Lipinski definition) is 1. The first-order chi connectivity index (χ1) is 4.20.